The molecule has 2 unspecified atom stereocenters. The summed E-state index contributed by atoms with van der Waals surface area (Å²) in [5, 5.41) is 3.53. The molecule has 1 amide bonds. The van der Waals surface area contributed by atoms with Crippen LogP contribution in [0.5, 0.6) is 0 Å². The van der Waals surface area contributed by atoms with Gasteiger partial charge in [-0.25, -0.2) is 0 Å². The number of nitrogens with one attached hydrogen (secondary N) is 1. The maximum atomic E-state index is 11.2. The highest BCUT2D eigenvalue weighted by Crippen LogP contribution is 2.30. The van der Waals surface area contributed by atoms with Crippen molar-refractivity contribution in [3.8, 4) is 0 Å². The molecule has 100 valence electrons. The highest BCUT2D eigenvalue weighted by molar-refractivity contribution is 5.80. The minimum absolute atomic E-state index is 0.221. The number of hydrogen-bond donors (Lipinski definition) is 2. The fraction of sp³-hybridized carbons (Fsp3) is 0.929. The molecule has 0 aromatic heterocycles. The lowest BCUT2D eigenvalue weighted by atomic mass is 9.79. The Bertz CT molecular complexity index is 261. The largest absolute Gasteiger partial charge is 0.369 e. The van der Waals surface area contributed by atoms with Crippen molar-refractivity contribution in [3.63, 3.8) is 0 Å². The van der Waals surface area contributed by atoms with Crippen LogP contribution in [0, 0.1) is 17.3 Å². The average molecular weight is 240 g/mol. The lowest BCUT2D eigenvalue weighted by Crippen LogP contribution is -2.45. The van der Waals surface area contributed by atoms with Gasteiger partial charge in [-0.2, -0.15) is 0 Å². The predicted molar refractivity (Wildman–Crippen MR) is 71.6 cm³/mol. The van der Waals surface area contributed by atoms with E-state index in [0.29, 0.717) is 12.6 Å². The number of amides is 1. The van der Waals surface area contributed by atoms with Gasteiger partial charge in [-0.3, -0.25) is 4.79 Å². The third-order valence-corrected chi connectivity index (χ3v) is 4.16. The molecule has 0 spiro atoms. The first-order valence-corrected chi connectivity index (χ1v) is 6.86. The monoisotopic (exact) mass is 240 g/mol. The number of hydrogen-bond acceptors (Lipinski definition) is 2. The Morgan fingerprint density at radius 3 is 2.59 bits per heavy atom. The standard InChI is InChI=1S/C14H28N2O/c1-10(2)11-6-5-7-12(8-11)16-9-14(3,4)13(15)17/h10-12,16H,5-9H2,1-4H3,(H2,15,17). The Balaban J connectivity index is 2.39. The Hall–Kier alpha value is -0.570. The van der Waals surface area contributed by atoms with E-state index in [0.717, 1.165) is 11.8 Å². The highest BCUT2D eigenvalue weighted by atomic mass is 16.1. The van der Waals surface area contributed by atoms with Gasteiger partial charge in [-0.05, 0) is 38.5 Å². The van der Waals surface area contributed by atoms with Crippen molar-refractivity contribution in [3.05, 3.63) is 0 Å². The van der Waals surface area contributed by atoms with E-state index in [1.807, 2.05) is 13.8 Å². The van der Waals surface area contributed by atoms with E-state index < -0.39 is 5.41 Å². The fourth-order valence-electron chi connectivity index (χ4n) is 2.51. The molecule has 0 bridgehead atoms. The van der Waals surface area contributed by atoms with E-state index in [9.17, 15) is 4.79 Å². The van der Waals surface area contributed by atoms with E-state index in [4.69, 9.17) is 5.73 Å². The molecule has 0 radical (unpaired) electrons. The van der Waals surface area contributed by atoms with Gasteiger partial charge in [0.05, 0.1) is 5.41 Å². The molecule has 0 heterocycles. The second kappa shape index (κ2) is 5.85. The van der Waals surface area contributed by atoms with Gasteiger partial charge in [-0.1, -0.05) is 26.7 Å². The van der Waals surface area contributed by atoms with Crippen molar-refractivity contribution >= 4 is 5.91 Å². The van der Waals surface area contributed by atoms with Crippen molar-refractivity contribution in [2.75, 3.05) is 6.54 Å². The van der Waals surface area contributed by atoms with Crippen LogP contribution in [0.3, 0.4) is 0 Å². The number of primary amides is 1. The second-order valence-electron chi connectivity index (χ2n) is 6.50. The van der Waals surface area contributed by atoms with Crippen LogP contribution in [0.2, 0.25) is 0 Å². The zero-order chi connectivity index (χ0) is 13.1. The van der Waals surface area contributed by atoms with Gasteiger partial charge < -0.3 is 11.1 Å². The summed E-state index contributed by atoms with van der Waals surface area (Å²) in [4.78, 5) is 11.2. The minimum atomic E-state index is -0.440. The summed E-state index contributed by atoms with van der Waals surface area (Å²) in [6, 6.07) is 0.565. The Kier molecular flexibility index (Phi) is 4.99. The van der Waals surface area contributed by atoms with Gasteiger partial charge in [-0.15, -0.1) is 0 Å². The van der Waals surface area contributed by atoms with Crippen LogP contribution in [0.4, 0.5) is 0 Å². The number of carbonyl (C=O) groups is 1. The molecule has 2 atom stereocenters. The first-order chi connectivity index (χ1) is 7.83. The average Bonchev–Trinajstić information content (AvgIpc) is 2.26. The molecule has 1 aliphatic rings. The number of nitrogens with two attached hydrogens (primary N) is 1. The molecule has 1 fully saturated rings. The van der Waals surface area contributed by atoms with Crippen LogP contribution in [0.1, 0.15) is 53.4 Å². The topological polar surface area (TPSA) is 55.1 Å². The van der Waals surface area contributed by atoms with Gasteiger partial charge in [0, 0.05) is 12.6 Å². The van der Waals surface area contributed by atoms with E-state index in [-0.39, 0.29) is 5.91 Å². The van der Waals surface area contributed by atoms with Crippen molar-refractivity contribution in [1.29, 1.82) is 0 Å². The Morgan fingerprint density at radius 1 is 1.41 bits per heavy atom. The first-order valence-electron chi connectivity index (χ1n) is 6.86. The molecule has 1 saturated carbocycles. The quantitative estimate of drug-likeness (QED) is 0.774. The normalized spacial score (nSPS) is 26.2. The van der Waals surface area contributed by atoms with Crippen molar-refractivity contribution in [2.24, 2.45) is 23.0 Å². The molecule has 0 saturated heterocycles. The summed E-state index contributed by atoms with van der Waals surface area (Å²) in [7, 11) is 0. The maximum Gasteiger partial charge on any atom is 0.224 e. The summed E-state index contributed by atoms with van der Waals surface area (Å²) in [6.45, 7) is 9.12. The Labute approximate surface area is 106 Å². The van der Waals surface area contributed by atoms with Crippen LogP contribution in [-0.2, 0) is 4.79 Å². The van der Waals surface area contributed by atoms with Gasteiger partial charge >= 0.3 is 0 Å². The molecule has 1 aliphatic carbocycles. The smallest absolute Gasteiger partial charge is 0.224 e. The lowest BCUT2D eigenvalue weighted by Gasteiger charge is -2.34. The van der Waals surface area contributed by atoms with E-state index in [1.165, 1.54) is 25.7 Å². The molecule has 0 aromatic rings. The molecule has 17 heavy (non-hydrogen) atoms. The van der Waals surface area contributed by atoms with E-state index in [1.54, 1.807) is 0 Å². The molecule has 1 rings (SSSR count). The van der Waals surface area contributed by atoms with Gasteiger partial charge in [0.1, 0.15) is 0 Å². The third-order valence-electron chi connectivity index (χ3n) is 4.16. The number of rotatable bonds is 5. The van der Waals surface area contributed by atoms with Crippen LogP contribution in [-0.4, -0.2) is 18.5 Å². The van der Waals surface area contributed by atoms with Gasteiger partial charge in [0.15, 0.2) is 0 Å². The van der Waals surface area contributed by atoms with Crippen LogP contribution in [0.25, 0.3) is 0 Å². The second-order valence-corrected chi connectivity index (χ2v) is 6.50. The molecule has 0 aliphatic heterocycles. The fourth-order valence-corrected chi connectivity index (χ4v) is 2.51. The Morgan fingerprint density at radius 2 is 2.06 bits per heavy atom. The third kappa shape index (κ3) is 4.30. The zero-order valence-electron chi connectivity index (χ0n) is 11.8. The van der Waals surface area contributed by atoms with E-state index in [2.05, 4.69) is 19.2 Å². The summed E-state index contributed by atoms with van der Waals surface area (Å²) in [5.74, 6) is 1.38. The zero-order valence-corrected chi connectivity index (χ0v) is 11.8. The molecule has 0 aromatic carbocycles. The number of carbonyl (C=O) groups excluding carboxylic acids is 1. The van der Waals surface area contributed by atoms with Crippen molar-refractivity contribution < 1.29 is 4.79 Å². The molecular formula is C14H28N2O. The summed E-state index contributed by atoms with van der Waals surface area (Å²) in [5.41, 5.74) is 4.94. The molecular weight excluding hydrogens is 212 g/mol. The minimum Gasteiger partial charge on any atom is -0.369 e. The SMILES string of the molecule is CC(C)C1CCCC(NCC(C)(C)C(N)=O)C1. The molecule has 3 nitrogen and oxygen atoms in total. The summed E-state index contributed by atoms with van der Waals surface area (Å²) in [6.07, 6.45) is 5.14. The summed E-state index contributed by atoms with van der Waals surface area (Å²) < 4.78 is 0. The molecule has 3 heteroatoms. The van der Waals surface area contributed by atoms with Crippen molar-refractivity contribution in [2.45, 2.75) is 59.4 Å². The van der Waals surface area contributed by atoms with Crippen LogP contribution in [0.15, 0.2) is 0 Å². The van der Waals surface area contributed by atoms with Gasteiger partial charge in [0.25, 0.3) is 0 Å². The first kappa shape index (κ1) is 14.5. The molecule has 3 N–H and O–H groups in total. The van der Waals surface area contributed by atoms with Crippen molar-refractivity contribution in [1.82, 2.24) is 5.32 Å². The van der Waals surface area contributed by atoms with Gasteiger partial charge in [0.2, 0.25) is 5.91 Å². The summed E-state index contributed by atoms with van der Waals surface area (Å²) >= 11 is 0. The van der Waals surface area contributed by atoms with Crippen LogP contribution < -0.4 is 11.1 Å². The maximum absolute atomic E-state index is 11.2. The highest BCUT2D eigenvalue weighted by Gasteiger charge is 2.28. The predicted octanol–water partition coefficient (Wildman–Crippen LogP) is 2.30. The lowest BCUT2D eigenvalue weighted by molar-refractivity contribution is -0.125. The van der Waals surface area contributed by atoms with E-state index >= 15 is 0 Å². The van der Waals surface area contributed by atoms with Crippen LogP contribution >= 0.6 is 0 Å².